The van der Waals surface area contributed by atoms with Crippen molar-refractivity contribution in [3.05, 3.63) is 52.2 Å². The largest absolute Gasteiger partial charge is 0.358 e. The summed E-state index contributed by atoms with van der Waals surface area (Å²) in [7, 11) is -3.73. The lowest BCUT2D eigenvalue weighted by Crippen LogP contribution is -2.11. The molecule has 0 unspecified atom stereocenters. The van der Waals surface area contributed by atoms with E-state index in [0.717, 1.165) is 16.0 Å². The number of nitrogens with zero attached hydrogens (tertiary/aromatic N) is 1. The van der Waals surface area contributed by atoms with Crippen molar-refractivity contribution in [2.45, 2.75) is 17.7 Å². The molecule has 0 radical (unpaired) electrons. The number of hydrogen-bond donors (Lipinski definition) is 2. The molecule has 0 amide bonds. The number of sulfonamides is 1. The Morgan fingerprint density at radius 3 is 2.54 bits per heavy atom. The third-order valence-corrected chi connectivity index (χ3v) is 7.24. The number of aromatic nitrogens is 1. The number of anilines is 1. The molecule has 3 rings (SSSR count). The molecule has 0 saturated carbocycles. The molecule has 0 aliphatic rings. The molecule has 0 aliphatic heterocycles. The zero-order valence-corrected chi connectivity index (χ0v) is 15.8. The molecule has 0 spiro atoms. The first-order valence-electron chi connectivity index (χ1n) is 6.94. The molecule has 3 N–H and O–H groups in total. The Bertz CT molecular complexity index is 962. The molecule has 0 fully saturated rings. The number of halogens is 1. The van der Waals surface area contributed by atoms with Gasteiger partial charge in [-0.3, -0.25) is 4.72 Å². The molecule has 2 aromatic heterocycles. The van der Waals surface area contributed by atoms with Crippen LogP contribution in [0, 0.1) is 6.92 Å². The van der Waals surface area contributed by atoms with Crippen molar-refractivity contribution in [3.8, 4) is 10.4 Å². The molecular formula is C15H14BrN3O3S2. The zero-order valence-electron chi connectivity index (χ0n) is 12.6. The lowest BCUT2D eigenvalue weighted by atomic mass is 10.1. The summed E-state index contributed by atoms with van der Waals surface area (Å²) >= 11 is 4.42. The molecule has 0 aliphatic carbocycles. The predicted octanol–water partition coefficient (Wildman–Crippen LogP) is 3.73. The van der Waals surface area contributed by atoms with Crippen LogP contribution in [0.15, 0.2) is 49.6 Å². The van der Waals surface area contributed by atoms with E-state index in [1.54, 1.807) is 19.1 Å². The summed E-state index contributed by atoms with van der Waals surface area (Å²) in [5, 5.41) is 3.69. The lowest BCUT2D eigenvalue weighted by Gasteiger charge is -2.03. The fraction of sp³-hybridized carbons (Fsp3) is 0.133. The molecule has 24 heavy (non-hydrogen) atoms. The molecule has 3 aromatic rings. The highest BCUT2D eigenvalue weighted by Gasteiger charge is 2.21. The summed E-state index contributed by atoms with van der Waals surface area (Å²) in [5.74, 6) is 0.634. The number of benzene rings is 1. The fourth-order valence-corrected chi connectivity index (χ4v) is 4.72. The molecule has 0 bridgehead atoms. The van der Waals surface area contributed by atoms with E-state index >= 15 is 0 Å². The van der Waals surface area contributed by atoms with Crippen molar-refractivity contribution in [3.63, 3.8) is 0 Å². The van der Waals surface area contributed by atoms with Crippen LogP contribution in [-0.4, -0.2) is 13.6 Å². The van der Waals surface area contributed by atoms with Gasteiger partial charge in [-0.15, -0.1) is 11.3 Å². The van der Waals surface area contributed by atoms with Gasteiger partial charge in [0.2, 0.25) is 0 Å². The molecular weight excluding hydrogens is 414 g/mol. The minimum absolute atomic E-state index is 0.134. The van der Waals surface area contributed by atoms with Crippen LogP contribution >= 0.6 is 27.3 Å². The minimum Gasteiger partial charge on any atom is -0.358 e. The summed E-state index contributed by atoms with van der Waals surface area (Å²) in [6, 6.07) is 11.1. The van der Waals surface area contributed by atoms with E-state index in [2.05, 4.69) is 25.8 Å². The number of nitrogens with one attached hydrogen (secondary N) is 1. The first kappa shape index (κ1) is 17.2. The number of aryl methyl sites for hydroxylation is 1. The molecule has 1 aromatic carbocycles. The van der Waals surface area contributed by atoms with Crippen molar-refractivity contribution in [1.29, 1.82) is 0 Å². The van der Waals surface area contributed by atoms with E-state index in [1.165, 1.54) is 11.3 Å². The SMILES string of the molecule is Cc1onc(NS(=O)(=O)c2ccc(-c3ccc(CN)cc3)s2)c1Br. The van der Waals surface area contributed by atoms with Crippen molar-refractivity contribution < 1.29 is 12.9 Å². The van der Waals surface area contributed by atoms with Crippen molar-refractivity contribution in [2.24, 2.45) is 5.73 Å². The van der Waals surface area contributed by atoms with Gasteiger partial charge in [0.25, 0.3) is 10.0 Å². The quantitative estimate of drug-likeness (QED) is 0.645. The zero-order chi connectivity index (χ0) is 17.3. The maximum Gasteiger partial charge on any atom is 0.272 e. The monoisotopic (exact) mass is 427 g/mol. The van der Waals surface area contributed by atoms with Gasteiger partial charge in [-0.25, -0.2) is 8.42 Å². The number of hydrogen-bond acceptors (Lipinski definition) is 6. The topological polar surface area (TPSA) is 98.2 Å². The van der Waals surface area contributed by atoms with Gasteiger partial charge in [-0.2, -0.15) is 0 Å². The molecule has 9 heteroatoms. The third-order valence-electron chi connectivity index (χ3n) is 3.34. The lowest BCUT2D eigenvalue weighted by molar-refractivity contribution is 0.399. The van der Waals surface area contributed by atoms with Gasteiger partial charge in [0.15, 0.2) is 5.82 Å². The van der Waals surface area contributed by atoms with Crippen molar-refractivity contribution in [2.75, 3.05) is 4.72 Å². The highest BCUT2D eigenvalue weighted by molar-refractivity contribution is 9.10. The molecule has 0 atom stereocenters. The van der Waals surface area contributed by atoms with Crippen LogP contribution in [0.5, 0.6) is 0 Å². The van der Waals surface area contributed by atoms with Crippen LogP contribution in [0.4, 0.5) is 5.82 Å². The minimum atomic E-state index is -3.73. The second-order valence-corrected chi connectivity index (χ2v) is 8.81. The number of rotatable bonds is 5. The van der Waals surface area contributed by atoms with Crippen LogP contribution in [0.1, 0.15) is 11.3 Å². The van der Waals surface area contributed by atoms with Gasteiger partial charge in [0.05, 0.1) is 0 Å². The second-order valence-electron chi connectivity index (χ2n) is 5.03. The first-order valence-corrected chi connectivity index (χ1v) is 10.0. The van der Waals surface area contributed by atoms with E-state index < -0.39 is 10.0 Å². The summed E-state index contributed by atoms with van der Waals surface area (Å²) in [6.45, 7) is 2.16. The molecule has 6 nitrogen and oxygen atoms in total. The van der Waals surface area contributed by atoms with Gasteiger partial charge in [-0.1, -0.05) is 29.4 Å². The maximum atomic E-state index is 12.5. The van der Waals surface area contributed by atoms with Crippen molar-refractivity contribution >= 4 is 43.1 Å². The normalized spacial score (nSPS) is 11.6. The molecule has 126 valence electrons. The van der Waals surface area contributed by atoms with Crippen molar-refractivity contribution in [1.82, 2.24) is 5.16 Å². The summed E-state index contributed by atoms with van der Waals surface area (Å²) in [6.07, 6.45) is 0. The maximum absolute atomic E-state index is 12.5. The molecule has 2 heterocycles. The Labute approximate surface area is 151 Å². The Balaban J connectivity index is 1.87. The van der Waals surface area contributed by atoms with E-state index in [0.29, 0.717) is 16.8 Å². The Hall–Kier alpha value is -1.68. The number of nitrogens with two attached hydrogens (primary N) is 1. The Kier molecular flexibility index (Phi) is 4.77. The van der Waals surface area contributed by atoms with E-state index in [1.807, 2.05) is 24.3 Å². The van der Waals surface area contributed by atoms with E-state index in [9.17, 15) is 8.42 Å². The van der Waals surface area contributed by atoms with Crippen LogP contribution in [-0.2, 0) is 16.6 Å². The van der Waals surface area contributed by atoms with Crippen LogP contribution in [0.2, 0.25) is 0 Å². The second kappa shape index (κ2) is 6.67. The number of thiophene rings is 1. The highest BCUT2D eigenvalue weighted by Crippen LogP contribution is 2.33. The highest BCUT2D eigenvalue weighted by atomic mass is 79.9. The van der Waals surface area contributed by atoms with Crippen LogP contribution < -0.4 is 10.5 Å². The summed E-state index contributed by atoms with van der Waals surface area (Å²) in [5.41, 5.74) is 7.55. The Morgan fingerprint density at radius 1 is 1.25 bits per heavy atom. The van der Waals surface area contributed by atoms with Gasteiger partial charge in [0, 0.05) is 11.4 Å². The van der Waals surface area contributed by atoms with E-state index in [-0.39, 0.29) is 10.0 Å². The van der Waals surface area contributed by atoms with E-state index in [4.69, 9.17) is 10.3 Å². The van der Waals surface area contributed by atoms with Gasteiger partial charge < -0.3 is 10.3 Å². The average Bonchev–Trinajstić information content (AvgIpc) is 3.18. The van der Waals surface area contributed by atoms with Gasteiger partial charge >= 0.3 is 0 Å². The van der Waals surface area contributed by atoms with Crippen LogP contribution in [0.3, 0.4) is 0 Å². The van der Waals surface area contributed by atoms with Gasteiger partial charge in [0.1, 0.15) is 14.4 Å². The van der Waals surface area contributed by atoms with Crippen LogP contribution in [0.25, 0.3) is 10.4 Å². The van der Waals surface area contributed by atoms with Gasteiger partial charge in [-0.05, 0) is 46.1 Å². The standard InChI is InChI=1S/C15H14BrN3O3S2/c1-9-14(16)15(18-22-9)19-24(20,21)13-7-6-12(23-13)11-4-2-10(8-17)3-5-11/h2-7H,8,17H2,1H3,(H,18,19). The average molecular weight is 428 g/mol. The smallest absolute Gasteiger partial charge is 0.272 e. The summed E-state index contributed by atoms with van der Waals surface area (Å²) < 4.78 is 33.0. The fourth-order valence-electron chi connectivity index (χ4n) is 2.03. The summed E-state index contributed by atoms with van der Waals surface area (Å²) in [4.78, 5) is 0.856. The molecule has 0 saturated heterocycles. The third kappa shape index (κ3) is 3.39. The first-order chi connectivity index (χ1) is 11.4. The Morgan fingerprint density at radius 2 is 1.96 bits per heavy atom. The predicted molar refractivity (Wildman–Crippen MR) is 97.4 cm³/mol.